The minimum Gasteiger partial charge on any atom is -0.490 e. The Morgan fingerprint density at radius 2 is 1.69 bits per heavy atom. The van der Waals surface area contributed by atoms with Gasteiger partial charge in [0.2, 0.25) is 0 Å². The van der Waals surface area contributed by atoms with Crippen molar-refractivity contribution < 1.29 is 35.9 Å². The number of halogens is 5. The van der Waals surface area contributed by atoms with E-state index < -0.39 is 39.9 Å². The second kappa shape index (κ2) is 14.7. The summed E-state index contributed by atoms with van der Waals surface area (Å²) in [6.07, 6.45) is -3.50. The maximum absolute atomic E-state index is 13.5. The van der Waals surface area contributed by atoms with E-state index in [1.54, 1.807) is 43.3 Å². The lowest BCUT2D eigenvalue weighted by Crippen LogP contribution is -2.40. The highest BCUT2D eigenvalue weighted by molar-refractivity contribution is 7.92. The molecule has 236 valence electrons. The molecule has 8 nitrogen and oxygen atoms in total. The van der Waals surface area contributed by atoms with E-state index in [1.165, 1.54) is 30.5 Å². The van der Waals surface area contributed by atoms with Crippen LogP contribution in [0.4, 0.5) is 18.9 Å². The molecule has 0 heterocycles. The Morgan fingerprint density at radius 1 is 0.933 bits per heavy atom. The van der Waals surface area contributed by atoms with Crippen molar-refractivity contribution in [1.82, 2.24) is 5.43 Å². The molecule has 0 unspecified atom stereocenters. The highest BCUT2D eigenvalue weighted by Gasteiger charge is 2.34. The predicted octanol–water partition coefficient (Wildman–Crippen LogP) is 7.34. The van der Waals surface area contributed by atoms with Crippen molar-refractivity contribution in [3.05, 3.63) is 118 Å². The SMILES string of the molecule is CCOc1cc(/C=N\NC(=O)CN(c2cc(C(F)(F)F)ccc2Cl)S(=O)(=O)c2ccccc2)ccc1OCc1cccc(Cl)c1. The number of rotatable bonds is 12. The lowest BCUT2D eigenvalue weighted by Gasteiger charge is -2.25. The van der Waals surface area contributed by atoms with Gasteiger partial charge in [0.05, 0.1) is 34.0 Å². The van der Waals surface area contributed by atoms with Crippen LogP contribution >= 0.6 is 23.2 Å². The van der Waals surface area contributed by atoms with Crippen LogP contribution in [0.25, 0.3) is 0 Å². The lowest BCUT2D eigenvalue weighted by molar-refractivity contribution is -0.137. The number of nitrogens with one attached hydrogen (secondary N) is 1. The van der Waals surface area contributed by atoms with Crippen molar-refractivity contribution in [3.8, 4) is 11.5 Å². The van der Waals surface area contributed by atoms with E-state index in [0.717, 1.165) is 11.6 Å². The van der Waals surface area contributed by atoms with Gasteiger partial charge in [0.25, 0.3) is 15.9 Å². The number of ether oxygens (including phenoxy) is 2. The van der Waals surface area contributed by atoms with Crippen molar-refractivity contribution in [2.24, 2.45) is 5.10 Å². The first-order valence-corrected chi connectivity index (χ1v) is 15.5. The zero-order chi connectivity index (χ0) is 32.6. The molecular weight excluding hydrogens is 654 g/mol. The number of alkyl halides is 3. The van der Waals surface area contributed by atoms with Gasteiger partial charge in [-0.2, -0.15) is 18.3 Å². The predicted molar refractivity (Wildman–Crippen MR) is 167 cm³/mol. The Labute approximate surface area is 268 Å². The highest BCUT2D eigenvalue weighted by Crippen LogP contribution is 2.37. The van der Waals surface area contributed by atoms with Gasteiger partial charge in [0.1, 0.15) is 13.2 Å². The number of amides is 1. The van der Waals surface area contributed by atoms with Crippen molar-refractivity contribution in [3.63, 3.8) is 0 Å². The van der Waals surface area contributed by atoms with Crippen LogP contribution in [-0.2, 0) is 27.6 Å². The van der Waals surface area contributed by atoms with E-state index in [4.69, 9.17) is 32.7 Å². The van der Waals surface area contributed by atoms with Gasteiger partial charge in [0.15, 0.2) is 11.5 Å². The van der Waals surface area contributed by atoms with Crippen LogP contribution < -0.4 is 19.2 Å². The molecule has 0 aromatic heterocycles. The largest absolute Gasteiger partial charge is 0.490 e. The Morgan fingerprint density at radius 3 is 2.38 bits per heavy atom. The quantitative estimate of drug-likeness (QED) is 0.125. The summed E-state index contributed by atoms with van der Waals surface area (Å²) in [5.74, 6) is -0.0717. The second-order valence-electron chi connectivity index (χ2n) is 9.34. The lowest BCUT2D eigenvalue weighted by atomic mass is 10.2. The Balaban J connectivity index is 1.53. The normalized spacial score (nSPS) is 11.8. The number of hydrazone groups is 1. The second-order valence-corrected chi connectivity index (χ2v) is 12.0. The summed E-state index contributed by atoms with van der Waals surface area (Å²) in [5.41, 5.74) is 1.91. The Kier molecular flexibility index (Phi) is 11.0. The standard InChI is InChI=1S/C31H26Cl2F3N3O5S/c1-2-43-29-16-21(11-14-28(29)44-20-22-7-6-8-24(32)15-22)18-37-38-30(40)19-39(45(41,42)25-9-4-3-5-10-25)27-17-23(31(34,35)36)12-13-26(27)33/h3-18H,2,19-20H2,1H3,(H,38,40)/b37-18-. The van der Waals surface area contributed by atoms with Gasteiger partial charge >= 0.3 is 6.18 Å². The maximum atomic E-state index is 13.5. The molecule has 0 saturated heterocycles. The number of hydrogen-bond acceptors (Lipinski definition) is 6. The Bertz CT molecular complexity index is 1790. The van der Waals surface area contributed by atoms with Crippen LogP contribution in [0.1, 0.15) is 23.6 Å². The van der Waals surface area contributed by atoms with Gasteiger partial charge in [-0.15, -0.1) is 0 Å². The molecule has 4 aromatic rings. The molecule has 0 radical (unpaired) electrons. The summed E-state index contributed by atoms with van der Waals surface area (Å²) in [4.78, 5) is 12.7. The molecule has 0 fully saturated rings. The topological polar surface area (TPSA) is 97.3 Å². The van der Waals surface area contributed by atoms with Gasteiger partial charge in [-0.3, -0.25) is 9.10 Å². The zero-order valence-electron chi connectivity index (χ0n) is 23.6. The van der Waals surface area contributed by atoms with Gasteiger partial charge < -0.3 is 9.47 Å². The van der Waals surface area contributed by atoms with Gasteiger partial charge in [0, 0.05) is 5.02 Å². The molecular formula is C31H26Cl2F3N3O5S. The van der Waals surface area contributed by atoms with Gasteiger partial charge in [-0.1, -0.05) is 53.5 Å². The summed E-state index contributed by atoms with van der Waals surface area (Å²) in [5, 5.41) is 4.16. The van der Waals surface area contributed by atoms with E-state index >= 15 is 0 Å². The third-order valence-electron chi connectivity index (χ3n) is 6.11. The number of hydrogen-bond donors (Lipinski definition) is 1. The number of nitrogens with zero attached hydrogens (tertiary/aromatic N) is 2. The molecule has 1 N–H and O–H groups in total. The molecule has 0 aliphatic carbocycles. The molecule has 0 spiro atoms. The number of carbonyl (C=O) groups is 1. The summed E-state index contributed by atoms with van der Waals surface area (Å²) < 4.78 is 79.5. The first-order valence-electron chi connectivity index (χ1n) is 13.3. The smallest absolute Gasteiger partial charge is 0.416 e. The minimum absolute atomic E-state index is 0.239. The van der Waals surface area contributed by atoms with Crippen LogP contribution in [0, 0.1) is 0 Å². The van der Waals surface area contributed by atoms with Gasteiger partial charge in [-0.05, 0) is 78.7 Å². The summed E-state index contributed by atoms with van der Waals surface area (Å²) in [6, 6.07) is 21.3. The first kappa shape index (κ1) is 33.6. The van der Waals surface area contributed by atoms with Crippen molar-refractivity contribution in [2.75, 3.05) is 17.5 Å². The average molecular weight is 681 g/mol. The molecule has 0 aliphatic heterocycles. The van der Waals surface area contributed by atoms with Crippen LogP contribution in [0.5, 0.6) is 11.5 Å². The van der Waals surface area contributed by atoms with E-state index in [0.29, 0.717) is 45.1 Å². The molecule has 0 saturated carbocycles. The van der Waals surface area contributed by atoms with E-state index in [9.17, 15) is 26.4 Å². The first-order chi connectivity index (χ1) is 21.4. The Hall–Kier alpha value is -4.26. The van der Waals surface area contributed by atoms with Crippen LogP contribution in [0.2, 0.25) is 10.0 Å². The summed E-state index contributed by atoms with van der Waals surface area (Å²) in [7, 11) is -4.52. The fourth-order valence-corrected chi connectivity index (χ4v) is 5.96. The van der Waals surface area contributed by atoms with Crippen LogP contribution in [-0.4, -0.2) is 33.7 Å². The summed E-state index contributed by atoms with van der Waals surface area (Å²) >= 11 is 12.2. The van der Waals surface area contributed by atoms with E-state index in [-0.39, 0.29) is 16.5 Å². The van der Waals surface area contributed by atoms with Crippen molar-refractivity contribution in [2.45, 2.75) is 24.6 Å². The van der Waals surface area contributed by atoms with Crippen molar-refractivity contribution >= 4 is 51.0 Å². The zero-order valence-corrected chi connectivity index (χ0v) is 25.9. The molecule has 1 amide bonds. The number of sulfonamides is 1. The van der Waals surface area contributed by atoms with Crippen LogP contribution in [0.3, 0.4) is 0 Å². The van der Waals surface area contributed by atoms with E-state index in [2.05, 4.69) is 10.5 Å². The summed E-state index contributed by atoms with van der Waals surface area (Å²) in [6.45, 7) is 1.46. The number of anilines is 1. The minimum atomic E-state index is -4.79. The molecule has 4 rings (SSSR count). The van der Waals surface area contributed by atoms with E-state index in [1.807, 2.05) is 12.1 Å². The number of carbonyl (C=O) groups excluding carboxylic acids is 1. The molecule has 4 aromatic carbocycles. The van der Waals surface area contributed by atoms with Gasteiger partial charge in [-0.25, -0.2) is 13.8 Å². The molecule has 45 heavy (non-hydrogen) atoms. The third-order valence-corrected chi connectivity index (χ3v) is 8.44. The highest BCUT2D eigenvalue weighted by atomic mass is 35.5. The van der Waals surface area contributed by atoms with Crippen molar-refractivity contribution in [1.29, 1.82) is 0 Å². The molecule has 0 atom stereocenters. The fourth-order valence-electron chi connectivity index (χ4n) is 4.02. The molecule has 0 aliphatic rings. The molecule has 14 heteroatoms. The molecule has 0 bridgehead atoms. The fraction of sp³-hybridized carbons (Fsp3) is 0.161. The monoisotopic (exact) mass is 679 g/mol. The average Bonchev–Trinajstić information content (AvgIpc) is 3.00. The third kappa shape index (κ3) is 8.90. The maximum Gasteiger partial charge on any atom is 0.416 e. The van der Waals surface area contributed by atoms with Crippen LogP contribution in [0.15, 0.2) is 101 Å². The number of benzene rings is 4.